The summed E-state index contributed by atoms with van der Waals surface area (Å²) < 4.78 is 35.1. The molecular weight excluding hydrogens is 491 g/mol. The lowest BCUT2D eigenvalue weighted by Gasteiger charge is -2.14. The highest BCUT2D eigenvalue weighted by molar-refractivity contribution is 14.0. The summed E-state index contributed by atoms with van der Waals surface area (Å²) in [6.07, 6.45) is 1.73. The summed E-state index contributed by atoms with van der Waals surface area (Å²) in [6, 6.07) is 16.9. The zero-order chi connectivity index (χ0) is 20.0. The molecule has 0 amide bonds. The standard InChI is InChI=1S/C21H27F2N3O2.HI/c1-24-21(26-16-18-10-5-6-11-19(18)28-20(22)23)25-13-7-14-27-15-12-17-8-3-2-4-9-17;/h2-6,8-11,20H,7,12-16H2,1H3,(H2,24,25,26);1H. The topological polar surface area (TPSA) is 54.9 Å². The number of alkyl halides is 2. The Labute approximate surface area is 187 Å². The predicted molar refractivity (Wildman–Crippen MR) is 122 cm³/mol. The Balaban J connectivity index is 0.00000420. The van der Waals surface area contributed by atoms with Crippen molar-refractivity contribution in [2.45, 2.75) is 26.0 Å². The van der Waals surface area contributed by atoms with E-state index >= 15 is 0 Å². The van der Waals surface area contributed by atoms with Gasteiger partial charge < -0.3 is 20.1 Å². The van der Waals surface area contributed by atoms with Crippen LogP contribution in [-0.2, 0) is 17.7 Å². The summed E-state index contributed by atoms with van der Waals surface area (Å²) in [5.41, 5.74) is 1.90. The average molecular weight is 519 g/mol. The van der Waals surface area contributed by atoms with Gasteiger partial charge in [0.2, 0.25) is 0 Å². The van der Waals surface area contributed by atoms with Gasteiger partial charge in [-0.25, -0.2) is 0 Å². The van der Waals surface area contributed by atoms with Gasteiger partial charge in [0, 0.05) is 32.3 Å². The first kappa shape index (κ1) is 25.1. The fourth-order valence-electron chi connectivity index (χ4n) is 2.58. The van der Waals surface area contributed by atoms with Crippen molar-refractivity contribution in [2.24, 2.45) is 4.99 Å². The molecule has 0 spiro atoms. The molecule has 0 saturated carbocycles. The minimum atomic E-state index is -2.85. The van der Waals surface area contributed by atoms with Crippen LogP contribution in [0.5, 0.6) is 5.75 Å². The highest BCUT2D eigenvalue weighted by Gasteiger charge is 2.09. The first-order chi connectivity index (χ1) is 13.7. The molecule has 0 fully saturated rings. The summed E-state index contributed by atoms with van der Waals surface area (Å²) >= 11 is 0. The number of nitrogens with one attached hydrogen (secondary N) is 2. The number of nitrogens with zero attached hydrogens (tertiary/aromatic N) is 1. The number of rotatable bonds is 11. The number of hydrogen-bond acceptors (Lipinski definition) is 3. The van der Waals surface area contributed by atoms with E-state index in [9.17, 15) is 8.78 Å². The number of para-hydroxylation sites is 1. The summed E-state index contributed by atoms with van der Waals surface area (Å²) in [7, 11) is 1.66. The molecule has 29 heavy (non-hydrogen) atoms. The number of aliphatic imine (C=N–C) groups is 1. The molecular formula is C21H28F2IN3O2. The Bertz CT molecular complexity index is 718. The predicted octanol–water partition coefficient (Wildman–Crippen LogP) is 4.22. The van der Waals surface area contributed by atoms with Gasteiger partial charge in [0.15, 0.2) is 5.96 Å². The van der Waals surface area contributed by atoms with E-state index in [0.29, 0.717) is 37.8 Å². The van der Waals surface area contributed by atoms with Crippen molar-refractivity contribution in [3.63, 3.8) is 0 Å². The van der Waals surface area contributed by atoms with Crippen molar-refractivity contribution in [3.05, 3.63) is 65.7 Å². The van der Waals surface area contributed by atoms with Gasteiger partial charge >= 0.3 is 6.61 Å². The van der Waals surface area contributed by atoms with E-state index in [1.54, 1.807) is 25.2 Å². The number of ether oxygens (including phenoxy) is 2. The summed E-state index contributed by atoms with van der Waals surface area (Å²) in [5, 5.41) is 6.27. The quantitative estimate of drug-likeness (QED) is 0.202. The van der Waals surface area contributed by atoms with Gasteiger partial charge in [-0.2, -0.15) is 8.78 Å². The number of hydrogen-bond donors (Lipinski definition) is 2. The zero-order valence-corrected chi connectivity index (χ0v) is 18.8. The maximum Gasteiger partial charge on any atom is 0.387 e. The lowest BCUT2D eigenvalue weighted by Crippen LogP contribution is -2.37. The van der Waals surface area contributed by atoms with Crippen LogP contribution in [0.2, 0.25) is 0 Å². The third-order valence-electron chi connectivity index (χ3n) is 3.99. The minimum absolute atomic E-state index is 0. The van der Waals surface area contributed by atoms with E-state index in [-0.39, 0.29) is 29.7 Å². The molecule has 0 bridgehead atoms. The molecule has 0 atom stereocenters. The molecule has 5 nitrogen and oxygen atoms in total. The zero-order valence-electron chi connectivity index (χ0n) is 16.4. The average Bonchev–Trinajstić information content (AvgIpc) is 2.71. The van der Waals surface area contributed by atoms with Gasteiger partial charge in [-0.05, 0) is 24.5 Å². The van der Waals surface area contributed by atoms with Crippen molar-refractivity contribution < 1.29 is 18.3 Å². The molecule has 0 aliphatic rings. The molecule has 160 valence electrons. The van der Waals surface area contributed by atoms with Gasteiger partial charge in [0.05, 0.1) is 6.61 Å². The van der Waals surface area contributed by atoms with E-state index in [0.717, 1.165) is 12.8 Å². The van der Waals surface area contributed by atoms with Gasteiger partial charge in [-0.15, -0.1) is 24.0 Å². The van der Waals surface area contributed by atoms with Gasteiger partial charge in [-0.3, -0.25) is 4.99 Å². The Morgan fingerprint density at radius 1 is 1.00 bits per heavy atom. The molecule has 0 heterocycles. The minimum Gasteiger partial charge on any atom is -0.434 e. The van der Waals surface area contributed by atoms with E-state index in [2.05, 4.69) is 32.5 Å². The van der Waals surface area contributed by atoms with Crippen LogP contribution < -0.4 is 15.4 Å². The highest BCUT2D eigenvalue weighted by atomic mass is 127. The lowest BCUT2D eigenvalue weighted by molar-refractivity contribution is -0.0504. The van der Waals surface area contributed by atoms with Crippen molar-refractivity contribution in [1.82, 2.24) is 10.6 Å². The van der Waals surface area contributed by atoms with E-state index in [1.807, 2.05) is 18.2 Å². The molecule has 2 aromatic rings. The molecule has 2 rings (SSSR count). The van der Waals surface area contributed by atoms with Gasteiger partial charge in [-0.1, -0.05) is 48.5 Å². The maximum atomic E-state index is 12.5. The van der Waals surface area contributed by atoms with Gasteiger partial charge in [0.25, 0.3) is 0 Å². The summed E-state index contributed by atoms with van der Waals surface area (Å²) in [6.45, 7) is -0.476. The van der Waals surface area contributed by atoms with Crippen molar-refractivity contribution >= 4 is 29.9 Å². The second-order valence-electron chi connectivity index (χ2n) is 6.04. The van der Waals surface area contributed by atoms with Crippen molar-refractivity contribution in [1.29, 1.82) is 0 Å². The lowest BCUT2D eigenvalue weighted by atomic mass is 10.2. The number of halogens is 3. The van der Waals surface area contributed by atoms with Crippen molar-refractivity contribution in [2.75, 3.05) is 26.8 Å². The van der Waals surface area contributed by atoms with Gasteiger partial charge in [0.1, 0.15) is 5.75 Å². The van der Waals surface area contributed by atoms with Crippen LogP contribution >= 0.6 is 24.0 Å². The smallest absolute Gasteiger partial charge is 0.387 e. The largest absolute Gasteiger partial charge is 0.434 e. The molecule has 0 aliphatic heterocycles. The maximum absolute atomic E-state index is 12.5. The SMILES string of the molecule is CN=C(NCCCOCCc1ccccc1)NCc1ccccc1OC(F)F.I. The summed E-state index contributed by atoms with van der Waals surface area (Å²) in [5.74, 6) is 0.753. The molecule has 0 radical (unpaired) electrons. The van der Waals surface area contributed by atoms with Crippen LogP contribution in [0.3, 0.4) is 0 Å². The van der Waals surface area contributed by atoms with E-state index in [4.69, 9.17) is 4.74 Å². The first-order valence-corrected chi connectivity index (χ1v) is 9.28. The van der Waals surface area contributed by atoms with Crippen LogP contribution in [0.4, 0.5) is 8.78 Å². The number of guanidine groups is 1. The van der Waals surface area contributed by atoms with E-state index in [1.165, 1.54) is 11.6 Å². The molecule has 0 unspecified atom stereocenters. The molecule has 0 saturated heterocycles. The highest BCUT2D eigenvalue weighted by Crippen LogP contribution is 2.19. The Morgan fingerprint density at radius 3 is 2.45 bits per heavy atom. The van der Waals surface area contributed by atoms with Crippen LogP contribution in [0.15, 0.2) is 59.6 Å². The number of benzene rings is 2. The van der Waals surface area contributed by atoms with Crippen molar-refractivity contribution in [3.8, 4) is 5.75 Å². The fraction of sp³-hybridized carbons (Fsp3) is 0.381. The molecule has 2 N–H and O–H groups in total. The third-order valence-corrected chi connectivity index (χ3v) is 3.99. The molecule has 0 aromatic heterocycles. The van der Waals surface area contributed by atoms with E-state index < -0.39 is 6.61 Å². The van der Waals surface area contributed by atoms with Crippen LogP contribution in [0.25, 0.3) is 0 Å². The fourth-order valence-corrected chi connectivity index (χ4v) is 2.58. The Kier molecular flexibility index (Phi) is 13.0. The van der Waals surface area contributed by atoms with Crippen LogP contribution in [0.1, 0.15) is 17.5 Å². The second kappa shape index (κ2) is 15.0. The monoisotopic (exact) mass is 519 g/mol. The Hall–Kier alpha value is -1.94. The summed E-state index contributed by atoms with van der Waals surface area (Å²) in [4.78, 5) is 4.13. The first-order valence-electron chi connectivity index (χ1n) is 9.28. The normalized spacial score (nSPS) is 11.1. The molecule has 8 heteroatoms. The van der Waals surface area contributed by atoms with Crippen LogP contribution in [-0.4, -0.2) is 39.4 Å². The Morgan fingerprint density at radius 2 is 1.72 bits per heavy atom. The molecule has 2 aromatic carbocycles. The second-order valence-corrected chi connectivity index (χ2v) is 6.04. The molecule has 0 aliphatic carbocycles. The van der Waals surface area contributed by atoms with Crippen LogP contribution in [0, 0.1) is 0 Å². The third kappa shape index (κ3) is 10.4.